The number of phenolic OH excluding ortho intramolecular Hbond substituents is 2. The van der Waals surface area contributed by atoms with Gasteiger partial charge < -0.3 is 88.6 Å². The normalized spacial score (nSPS) is 37.8. The average Bonchev–Trinajstić information content (AvgIpc) is 3.13. The number of methoxy groups -OCH3 is 1. The zero-order valence-corrected chi connectivity index (χ0v) is 28.5. The van der Waals surface area contributed by atoms with E-state index in [1.807, 2.05) is 0 Å². The fourth-order valence-corrected chi connectivity index (χ4v) is 6.32. The molecule has 6 unspecified atom stereocenters. The van der Waals surface area contributed by atoms with Crippen LogP contribution in [0.5, 0.6) is 23.0 Å². The van der Waals surface area contributed by atoms with Crippen molar-refractivity contribution in [3.63, 3.8) is 0 Å². The van der Waals surface area contributed by atoms with E-state index in [1.54, 1.807) is 0 Å². The quantitative estimate of drug-likeness (QED) is 0.110. The minimum Gasteiger partial charge on any atom is -0.508 e. The number of hydrogen-bond acceptors (Lipinski definition) is 19. The van der Waals surface area contributed by atoms with Crippen LogP contribution in [0.4, 0.5) is 0 Å². The molecule has 19 nitrogen and oxygen atoms in total. The van der Waals surface area contributed by atoms with E-state index in [2.05, 4.69) is 0 Å². The Labute approximate surface area is 300 Å². The standard InChI is InChI=1S/C34H42O19/c1-11-20(37)24(41)26(43)33(49-11)52-30-21(38)12(2)48-32(28(30)45)47-10-18-22(39)25(42)27(44)34(51-18)53-31-23(40)19-16(36)8-15(46-3)9-17(19)50-29(31)13-4-6-14(35)7-5-13/h4-9,11-12,18,20-22,24-28,30,32-39,41-45H,10H2,1-3H3/t11?,12?,18-,20+,21+,22+,24?,25?,26+,27?,28+,30?,32-,33+,34+/m1/s1. The van der Waals surface area contributed by atoms with Gasteiger partial charge in [-0.1, -0.05) is 0 Å². The lowest BCUT2D eigenvalue weighted by atomic mass is 9.97. The first kappa shape index (κ1) is 39.0. The number of aliphatic hydroxyl groups is 8. The summed E-state index contributed by atoms with van der Waals surface area (Å²) in [6, 6.07) is 7.93. The molecule has 0 amide bonds. The molecule has 0 radical (unpaired) electrons. The Bertz CT molecular complexity index is 1780. The molecule has 0 spiro atoms. The maximum Gasteiger partial charge on any atom is 0.239 e. The van der Waals surface area contributed by atoms with E-state index in [-0.39, 0.29) is 33.8 Å². The van der Waals surface area contributed by atoms with Gasteiger partial charge in [0.2, 0.25) is 17.5 Å². The fourth-order valence-electron chi connectivity index (χ4n) is 6.32. The maximum absolute atomic E-state index is 13.9. The first-order valence-electron chi connectivity index (χ1n) is 16.6. The van der Waals surface area contributed by atoms with Gasteiger partial charge in [-0.15, -0.1) is 0 Å². The molecule has 3 fully saturated rings. The van der Waals surface area contributed by atoms with Crippen LogP contribution in [0.1, 0.15) is 13.8 Å². The summed E-state index contributed by atoms with van der Waals surface area (Å²) in [6.45, 7) is 2.19. The van der Waals surface area contributed by atoms with Crippen LogP contribution >= 0.6 is 0 Å². The number of ether oxygens (including phenoxy) is 7. The van der Waals surface area contributed by atoms with Gasteiger partial charge in [-0.3, -0.25) is 4.79 Å². The van der Waals surface area contributed by atoms with Crippen molar-refractivity contribution in [3.05, 3.63) is 46.6 Å². The number of hydrogen-bond donors (Lipinski definition) is 10. The van der Waals surface area contributed by atoms with Crippen LogP contribution in [0, 0.1) is 0 Å². The van der Waals surface area contributed by atoms with E-state index in [0.717, 1.165) is 0 Å². The number of phenols is 2. The van der Waals surface area contributed by atoms with E-state index in [9.17, 15) is 55.9 Å². The second-order valence-corrected chi connectivity index (χ2v) is 13.1. The molecule has 2 aromatic carbocycles. The van der Waals surface area contributed by atoms with Crippen LogP contribution in [0.3, 0.4) is 0 Å². The second kappa shape index (κ2) is 15.6. The Balaban J connectivity index is 1.23. The summed E-state index contributed by atoms with van der Waals surface area (Å²) in [7, 11) is 1.34. The molecule has 53 heavy (non-hydrogen) atoms. The highest BCUT2D eigenvalue weighted by Gasteiger charge is 2.51. The lowest BCUT2D eigenvalue weighted by Gasteiger charge is -2.46. The number of aromatic hydroxyl groups is 2. The molecule has 6 rings (SSSR count). The lowest BCUT2D eigenvalue weighted by Crippen LogP contribution is -2.64. The van der Waals surface area contributed by atoms with Crippen LogP contribution in [-0.2, 0) is 23.7 Å². The predicted octanol–water partition coefficient (Wildman–Crippen LogP) is -2.24. The number of rotatable bonds is 9. The first-order valence-corrected chi connectivity index (χ1v) is 16.6. The molecule has 292 valence electrons. The molecule has 0 bridgehead atoms. The van der Waals surface area contributed by atoms with Crippen LogP contribution in [0.2, 0.25) is 0 Å². The highest BCUT2D eigenvalue weighted by atomic mass is 16.7. The Morgan fingerprint density at radius 3 is 2.00 bits per heavy atom. The minimum absolute atomic E-state index is 0.102. The minimum atomic E-state index is -1.96. The molecular weight excluding hydrogens is 712 g/mol. The molecule has 3 saturated heterocycles. The van der Waals surface area contributed by atoms with E-state index in [1.165, 1.54) is 57.4 Å². The molecule has 15 atom stereocenters. The van der Waals surface area contributed by atoms with Crippen molar-refractivity contribution in [2.45, 2.75) is 106 Å². The lowest BCUT2D eigenvalue weighted by molar-refractivity contribution is -0.358. The van der Waals surface area contributed by atoms with E-state index in [4.69, 9.17) is 37.6 Å². The van der Waals surface area contributed by atoms with Gasteiger partial charge in [0.25, 0.3) is 0 Å². The van der Waals surface area contributed by atoms with Crippen molar-refractivity contribution < 1.29 is 88.6 Å². The van der Waals surface area contributed by atoms with Gasteiger partial charge in [0.15, 0.2) is 18.3 Å². The number of aliphatic hydroxyl groups excluding tert-OH is 8. The molecule has 0 saturated carbocycles. The topological polar surface area (TPSA) is 297 Å². The Morgan fingerprint density at radius 2 is 1.32 bits per heavy atom. The van der Waals surface area contributed by atoms with E-state index in [0.29, 0.717) is 0 Å². The number of benzene rings is 2. The largest absolute Gasteiger partial charge is 0.508 e. The summed E-state index contributed by atoms with van der Waals surface area (Å²) in [5, 5.41) is 105. The van der Waals surface area contributed by atoms with Gasteiger partial charge in [0.05, 0.1) is 25.9 Å². The molecule has 10 N–H and O–H groups in total. The van der Waals surface area contributed by atoms with Crippen LogP contribution in [0.15, 0.2) is 45.6 Å². The maximum atomic E-state index is 13.9. The van der Waals surface area contributed by atoms with Gasteiger partial charge in [0, 0.05) is 17.7 Å². The van der Waals surface area contributed by atoms with Crippen LogP contribution < -0.4 is 14.9 Å². The average molecular weight is 755 g/mol. The Hall–Kier alpha value is -3.67. The zero-order chi connectivity index (χ0) is 38.5. The molecule has 3 aromatic rings. The van der Waals surface area contributed by atoms with Gasteiger partial charge in [-0.05, 0) is 38.1 Å². The van der Waals surface area contributed by atoms with Gasteiger partial charge in [-0.25, -0.2) is 0 Å². The summed E-state index contributed by atoms with van der Waals surface area (Å²) < 4.78 is 45.1. The van der Waals surface area contributed by atoms with Crippen LogP contribution in [-0.4, -0.2) is 157 Å². The molecule has 0 aliphatic carbocycles. The summed E-state index contributed by atoms with van der Waals surface area (Å²) in [4.78, 5) is 13.9. The zero-order valence-electron chi connectivity index (χ0n) is 28.5. The van der Waals surface area contributed by atoms with Gasteiger partial charge >= 0.3 is 0 Å². The molecular formula is C34H42O19. The van der Waals surface area contributed by atoms with E-state index >= 15 is 0 Å². The van der Waals surface area contributed by atoms with E-state index < -0.39 is 116 Å². The smallest absolute Gasteiger partial charge is 0.239 e. The molecule has 3 aliphatic rings. The Morgan fingerprint density at radius 1 is 0.698 bits per heavy atom. The van der Waals surface area contributed by atoms with Crippen molar-refractivity contribution in [1.29, 1.82) is 0 Å². The third kappa shape index (κ3) is 7.54. The van der Waals surface area contributed by atoms with Gasteiger partial charge in [0.1, 0.15) is 89.3 Å². The summed E-state index contributed by atoms with van der Waals surface area (Å²) in [6.07, 6.45) is -23.9. The van der Waals surface area contributed by atoms with Gasteiger partial charge in [-0.2, -0.15) is 0 Å². The molecule has 19 heteroatoms. The third-order valence-corrected chi connectivity index (χ3v) is 9.48. The van der Waals surface area contributed by atoms with Crippen molar-refractivity contribution >= 4 is 11.0 Å². The highest BCUT2D eigenvalue weighted by Crippen LogP contribution is 2.38. The third-order valence-electron chi connectivity index (χ3n) is 9.48. The van der Waals surface area contributed by atoms with Crippen molar-refractivity contribution in [1.82, 2.24) is 0 Å². The van der Waals surface area contributed by atoms with Crippen molar-refractivity contribution in [2.75, 3.05) is 13.7 Å². The highest BCUT2D eigenvalue weighted by molar-refractivity contribution is 5.88. The monoisotopic (exact) mass is 754 g/mol. The summed E-state index contributed by atoms with van der Waals surface area (Å²) >= 11 is 0. The fraction of sp³-hybridized carbons (Fsp3) is 0.559. The summed E-state index contributed by atoms with van der Waals surface area (Å²) in [5.41, 5.74) is -0.804. The second-order valence-electron chi connectivity index (χ2n) is 13.1. The Kier molecular flexibility index (Phi) is 11.5. The van der Waals surface area contributed by atoms with Crippen molar-refractivity contribution in [3.8, 4) is 34.3 Å². The van der Waals surface area contributed by atoms with Crippen LogP contribution in [0.25, 0.3) is 22.3 Å². The first-order chi connectivity index (χ1) is 25.1. The molecule has 1 aromatic heterocycles. The predicted molar refractivity (Wildman–Crippen MR) is 175 cm³/mol. The van der Waals surface area contributed by atoms with Crippen molar-refractivity contribution in [2.24, 2.45) is 0 Å². The molecule has 3 aliphatic heterocycles. The number of fused-ring (bicyclic) bond motifs is 1. The summed E-state index contributed by atoms with van der Waals surface area (Å²) in [5.74, 6) is -1.27. The SMILES string of the molecule is COc1cc(O)c2c(=O)c(O[C@@H]3O[C@H](CO[C@@H]4OC(C)[C@H](O)C(O[C@@H]5OC(C)[C@H](O)C(O)[C@@H]5O)[C@@H]4O)[C@H](O)C(O)C3O)c(-c3ccc(O)cc3)oc2c1. The molecule has 4 heterocycles.